The molecule has 3 aliphatic rings. The summed E-state index contributed by atoms with van der Waals surface area (Å²) in [6.07, 6.45) is 1.34. The average molecular weight is 898 g/mol. The van der Waals surface area contributed by atoms with E-state index in [0.29, 0.717) is 25.2 Å². The van der Waals surface area contributed by atoms with Crippen LogP contribution in [0.25, 0.3) is 0 Å². The van der Waals surface area contributed by atoms with E-state index in [9.17, 15) is 14.4 Å². The van der Waals surface area contributed by atoms with Crippen molar-refractivity contribution in [2.45, 2.75) is 200 Å². The molecule has 15 heteroatoms. The molecule has 358 valence electrons. The van der Waals surface area contributed by atoms with Crippen LogP contribution in [0, 0.1) is 23.2 Å². The van der Waals surface area contributed by atoms with Gasteiger partial charge in [0.2, 0.25) is 0 Å². The van der Waals surface area contributed by atoms with E-state index in [1.54, 1.807) is 21.1 Å². The molecule has 2 fully saturated rings. The summed E-state index contributed by atoms with van der Waals surface area (Å²) in [7, 11) is 6.01. The SMILES string of the molecule is COC(C[C@H]1C[C@@H](C)[C@@H](O[Si](C)(C)C(C)(C)C)/C=C/C=C/C[C@@H](C)OC(=O)CC(=O)[C@H](OC)[C@H]1O[C@@H]1O[C@H](C)[C@H](O[C@H]2CC(C)(C)[C@@H](C)C(C)O2)C(N(C)C)C1OC(C)=O)OC. The highest BCUT2D eigenvalue weighted by Crippen LogP contribution is 2.43. The number of hydrogen-bond acceptors (Lipinski definition) is 14. The minimum Gasteiger partial charge on any atom is -0.462 e. The number of rotatable bonds is 13. The Balaban J connectivity index is 2.21. The van der Waals surface area contributed by atoms with Gasteiger partial charge in [0, 0.05) is 47.5 Å². The van der Waals surface area contributed by atoms with E-state index in [1.165, 1.54) is 14.0 Å². The van der Waals surface area contributed by atoms with Gasteiger partial charge in [-0.25, -0.2) is 0 Å². The fraction of sp³-hybridized carbons (Fsp3) is 0.851. The standard InChI is InChI=1S/C47H83NO13Si/c1-28-24-34(25-38(52-14)53-15)42(43(54-16)35(50)26-37(51)55-29(2)22-20-19-21-23-36(28)61-62(17,18)46(7,8)9)60-45-44(58-33(6)49)40(48(12)13)41(32(5)57-45)59-39-27-47(10,11)30(3)31(4)56-39/h19-21,23,28-32,34,36,38-45H,22,24-27H2,1-18H3/b20-19+,23-21+/t28-,29-,30+,31?,32-,34-,36+,39+,40?,41+,42+,43+,44?,45+/m1/s1. The highest BCUT2D eigenvalue weighted by atomic mass is 28.4. The quantitative estimate of drug-likeness (QED) is 0.0773. The maximum Gasteiger partial charge on any atom is 0.313 e. The van der Waals surface area contributed by atoms with Gasteiger partial charge >= 0.3 is 11.9 Å². The Labute approximate surface area is 374 Å². The normalized spacial score (nSPS) is 36.9. The van der Waals surface area contributed by atoms with Crippen LogP contribution in [-0.2, 0) is 61.4 Å². The second-order valence-electron chi connectivity index (χ2n) is 20.3. The predicted molar refractivity (Wildman–Crippen MR) is 240 cm³/mol. The molecule has 0 aromatic carbocycles. The molecule has 0 N–H and O–H groups in total. The summed E-state index contributed by atoms with van der Waals surface area (Å²) in [5, 5.41) is -0.0674. The van der Waals surface area contributed by atoms with Crippen LogP contribution < -0.4 is 0 Å². The molecule has 0 aromatic rings. The van der Waals surface area contributed by atoms with E-state index in [1.807, 2.05) is 44.1 Å². The molecule has 62 heavy (non-hydrogen) atoms. The smallest absolute Gasteiger partial charge is 0.313 e. The number of ketones is 1. The lowest BCUT2D eigenvalue weighted by molar-refractivity contribution is -0.337. The van der Waals surface area contributed by atoms with Gasteiger partial charge in [-0.1, -0.05) is 72.8 Å². The summed E-state index contributed by atoms with van der Waals surface area (Å²) >= 11 is 0. The van der Waals surface area contributed by atoms with E-state index < -0.39 is 99.9 Å². The second kappa shape index (κ2) is 23.4. The van der Waals surface area contributed by atoms with Crippen LogP contribution >= 0.6 is 0 Å². The number of Topliss-reactive ketones (excluding diaryl/α,β-unsaturated/α-hetero) is 1. The molecular formula is C47H83NO13Si. The van der Waals surface area contributed by atoms with Gasteiger partial charge in [0.15, 0.2) is 39.1 Å². The summed E-state index contributed by atoms with van der Waals surface area (Å²) in [5.41, 5.74) is -0.0539. The summed E-state index contributed by atoms with van der Waals surface area (Å²) in [6, 6.07) is -0.572. The van der Waals surface area contributed by atoms with Crippen molar-refractivity contribution in [2.75, 3.05) is 35.4 Å². The molecule has 0 aromatic heterocycles. The Morgan fingerprint density at radius 1 is 0.935 bits per heavy atom. The molecule has 14 atom stereocenters. The highest BCUT2D eigenvalue weighted by molar-refractivity contribution is 6.74. The number of carbonyl (C=O) groups excluding carboxylic acids is 3. The zero-order valence-corrected chi connectivity index (χ0v) is 42.3. The molecule has 2 saturated heterocycles. The first-order valence-electron chi connectivity index (χ1n) is 22.5. The van der Waals surface area contributed by atoms with Crippen LogP contribution in [-0.4, -0.2) is 140 Å². The van der Waals surface area contributed by atoms with Crippen LogP contribution in [0.5, 0.6) is 0 Å². The molecule has 3 unspecified atom stereocenters. The number of methoxy groups -OCH3 is 3. The topological polar surface area (TPSA) is 147 Å². The number of cyclic esters (lactones) is 1. The largest absolute Gasteiger partial charge is 0.462 e. The first-order chi connectivity index (χ1) is 28.8. The van der Waals surface area contributed by atoms with Crippen LogP contribution in [0.3, 0.4) is 0 Å². The van der Waals surface area contributed by atoms with Crippen molar-refractivity contribution in [1.82, 2.24) is 4.90 Å². The van der Waals surface area contributed by atoms with Crippen molar-refractivity contribution in [3.63, 3.8) is 0 Å². The molecule has 0 saturated carbocycles. The monoisotopic (exact) mass is 898 g/mol. The number of hydrogen-bond donors (Lipinski definition) is 0. The van der Waals surface area contributed by atoms with Gasteiger partial charge in [-0.15, -0.1) is 0 Å². The lowest BCUT2D eigenvalue weighted by atomic mass is 9.73. The van der Waals surface area contributed by atoms with E-state index in [4.69, 9.17) is 47.1 Å². The lowest BCUT2D eigenvalue weighted by Gasteiger charge is -2.51. The molecular weight excluding hydrogens is 815 g/mol. The van der Waals surface area contributed by atoms with Crippen molar-refractivity contribution in [3.8, 4) is 0 Å². The van der Waals surface area contributed by atoms with E-state index in [-0.39, 0.29) is 35.0 Å². The third-order valence-corrected chi connectivity index (χ3v) is 18.2. The molecule has 14 nitrogen and oxygen atoms in total. The van der Waals surface area contributed by atoms with Gasteiger partial charge in [0.25, 0.3) is 0 Å². The van der Waals surface area contributed by atoms with Gasteiger partial charge in [0.1, 0.15) is 24.7 Å². The second-order valence-corrected chi connectivity index (χ2v) is 25.0. The van der Waals surface area contributed by atoms with Crippen LogP contribution in [0.4, 0.5) is 0 Å². The number of ether oxygens (including phenoxy) is 9. The first-order valence-corrected chi connectivity index (χ1v) is 25.4. The van der Waals surface area contributed by atoms with Crippen molar-refractivity contribution >= 4 is 26.0 Å². The summed E-state index contributed by atoms with van der Waals surface area (Å²) < 4.78 is 63.6. The summed E-state index contributed by atoms with van der Waals surface area (Å²) in [6.45, 7) is 26.9. The lowest BCUT2D eigenvalue weighted by Crippen LogP contribution is -2.66. The van der Waals surface area contributed by atoms with Crippen LogP contribution in [0.2, 0.25) is 18.1 Å². The third-order valence-electron chi connectivity index (χ3n) is 13.7. The first kappa shape index (κ1) is 54.3. The van der Waals surface area contributed by atoms with E-state index in [0.717, 1.165) is 0 Å². The Kier molecular flexibility index (Phi) is 20.5. The Morgan fingerprint density at radius 2 is 1.58 bits per heavy atom. The maximum absolute atomic E-state index is 14.4. The van der Waals surface area contributed by atoms with Gasteiger partial charge in [-0.3, -0.25) is 14.4 Å². The number of allylic oxidation sites excluding steroid dienone is 2. The molecule has 0 radical (unpaired) electrons. The number of carbonyl (C=O) groups is 3. The fourth-order valence-corrected chi connectivity index (χ4v) is 9.94. The van der Waals surface area contributed by atoms with Crippen molar-refractivity contribution in [3.05, 3.63) is 24.3 Å². The van der Waals surface area contributed by atoms with Crippen molar-refractivity contribution in [2.24, 2.45) is 23.2 Å². The average Bonchev–Trinajstić information content (AvgIpc) is 3.14. The number of likely N-dealkylation sites (N-methyl/N-ethyl adjacent to an activating group) is 1. The molecule has 3 aliphatic heterocycles. The minimum atomic E-state index is -2.30. The van der Waals surface area contributed by atoms with Crippen molar-refractivity contribution < 1.29 is 61.4 Å². The van der Waals surface area contributed by atoms with Crippen molar-refractivity contribution in [1.29, 1.82) is 0 Å². The molecule has 0 amide bonds. The molecule has 3 heterocycles. The van der Waals surface area contributed by atoms with Gasteiger partial charge in [-0.05, 0) is 82.6 Å². The molecule has 3 rings (SSSR count). The van der Waals surface area contributed by atoms with Gasteiger partial charge < -0.3 is 52.0 Å². The van der Waals surface area contributed by atoms with Gasteiger partial charge in [0.05, 0.1) is 30.5 Å². The minimum absolute atomic E-state index is 0.0458. The summed E-state index contributed by atoms with van der Waals surface area (Å²) in [4.78, 5) is 42.7. The predicted octanol–water partition coefficient (Wildman–Crippen LogP) is 7.62. The molecule has 0 spiro atoms. The van der Waals surface area contributed by atoms with Gasteiger partial charge in [-0.2, -0.15) is 0 Å². The molecule has 0 bridgehead atoms. The molecule has 0 aliphatic carbocycles. The highest BCUT2D eigenvalue weighted by Gasteiger charge is 2.53. The number of esters is 2. The van der Waals surface area contributed by atoms with Crippen LogP contribution in [0.1, 0.15) is 108 Å². The third kappa shape index (κ3) is 14.7. The Morgan fingerprint density at radius 3 is 2.13 bits per heavy atom. The zero-order chi connectivity index (χ0) is 46.9. The summed E-state index contributed by atoms with van der Waals surface area (Å²) in [5.74, 6) is -2.10. The van der Waals surface area contributed by atoms with E-state index in [2.05, 4.69) is 74.6 Å². The van der Waals surface area contributed by atoms with Crippen LogP contribution in [0.15, 0.2) is 24.3 Å². The zero-order valence-electron chi connectivity index (χ0n) is 41.3. The Bertz CT molecular complexity index is 1490. The van der Waals surface area contributed by atoms with E-state index >= 15 is 0 Å². The Hall–Kier alpha value is -2.05. The maximum atomic E-state index is 14.4. The number of nitrogens with zero attached hydrogens (tertiary/aromatic N) is 1. The fourth-order valence-electron chi connectivity index (χ4n) is 8.60.